The predicted molar refractivity (Wildman–Crippen MR) is 73.2 cm³/mol. The van der Waals surface area contributed by atoms with Gasteiger partial charge in [0.05, 0.1) is 4.92 Å². The van der Waals surface area contributed by atoms with Gasteiger partial charge < -0.3 is 10.0 Å². The number of carboxylic acids is 1. The minimum absolute atomic E-state index is 0.0723. The molecule has 0 amide bonds. The summed E-state index contributed by atoms with van der Waals surface area (Å²) < 4.78 is 0. The first-order valence-corrected chi connectivity index (χ1v) is 5.47. The molecule has 0 aliphatic rings. The second-order valence-electron chi connectivity index (χ2n) is 3.85. The van der Waals surface area contributed by atoms with Gasteiger partial charge in [0.2, 0.25) is 0 Å². The summed E-state index contributed by atoms with van der Waals surface area (Å²) in [5, 5.41) is 19.6. The maximum atomic E-state index is 11.0. The van der Waals surface area contributed by atoms with Gasteiger partial charge in [-0.25, -0.2) is 4.79 Å². The first-order valence-electron chi connectivity index (χ1n) is 5.47. The highest BCUT2D eigenvalue weighted by atomic mass is 16.6. The smallest absolute Gasteiger partial charge is 0.328 e. The zero-order valence-electron chi connectivity index (χ0n) is 10.4. The van der Waals surface area contributed by atoms with Gasteiger partial charge in [-0.3, -0.25) is 10.1 Å². The monoisotopic (exact) mass is 262 g/mol. The Bertz CT molecular complexity index is 537. The average Bonchev–Trinajstić information content (AvgIpc) is 2.36. The van der Waals surface area contributed by atoms with Crippen LogP contribution in [0.15, 0.2) is 36.9 Å². The number of rotatable bonds is 6. The second-order valence-corrected chi connectivity index (χ2v) is 3.85. The Morgan fingerprint density at radius 3 is 2.79 bits per heavy atom. The van der Waals surface area contributed by atoms with E-state index < -0.39 is 10.9 Å². The molecule has 1 N–H and O–H groups in total. The van der Waals surface area contributed by atoms with Crippen molar-refractivity contribution in [2.45, 2.75) is 0 Å². The van der Waals surface area contributed by atoms with E-state index in [1.807, 2.05) is 0 Å². The lowest BCUT2D eigenvalue weighted by molar-refractivity contribution is -0.384. The van der Waals surface area contributed by atoms with Crippen molar-refractivity contribution in [2.24, 2.45) is 0 Å². The summed E-state index contributed by atoms with van der Waals surface area (Å²) in [6.45, 7) is 4.06. The van der Waals surface area contributed by atoms with E-state index in [4.69, 9.17) is 5.11 Å². The Balaban J connectivity index is 3.18. The van der Waals surface area contributed by atoms with Crippen LogP contribution in [0.5, 0.6) is 0 Å². The highest BCUT2D eigenvalue weighted by Crippen LogP contribution is 2.28. The molecule has 0 spiro atoms. The molecule has 1 aromatic carbocycles. The SMILES string of the molecule is C=CCN(C)c1ccc(/C=C/C(=O)O)cc1[N+](=O)[O-]. The van der Waals surface area contributed by atoms with Crippen molar-refractivity contribution in [3.63, 3.8) is 0 Å². The lowest BCUT2D eigenvalue weighted by atomic mass is 10.1. The van der Waals surface area contributed by atoms with Gasteiger partial charge in [-0.2, -0.15) is 0 Å². The van der Waals surface area contributed by atoms with Crippen LogP contribution in [0.1, 0.15) is 5.56 Å². The molecular formula is C13H14N2O4. The summed E-state index contributed by atoms with van der Waals surface area (Å²) in [6, 6.07) is 4.55. The number of carboxylic acid groups (broad SMARTS) is 1. The zero-order valence-corrected chi connectivity index (χ0v) is 10.4. The number of hydrogen-bond acceptors (Lipinski definition) is 4. The van der Waals surface area contributed by atoms with E-state index in [9.17, 15) is 14.9 Å². The van der Waals surface area contributed by atoms with Gasteiger partial charge in [0.15, 0.2) is 0 Å². The van der Waals surface area contributed by atoms with Gasteiger partial charge in [0, 0.05) is 25.7 Å². The Morgan fingerprint density at radius 1 is 1.58 bits per heavy atom. The number of nitro benzene ring substituents is 1. The summed E-state index contributed by atoms with van der Waals surface area (Å²) in [6.07, 6.45) is 3.89. The number of benzene rings is 1. The van der Waals surface area contributed by atoms with Crippen molar-refractivity contribution < 1.29 is 14.8 Å². The fourth-order valence-electron chi connectivity index (χ4n) is 1.57. The van der Waals surface area contributed by atoms with Crippen molar-refractivity contribution in [3.8, 4) is 0 Å². The number of nitro groups is 1. The van der Waals surface area contributed by atoms with Crippen molar-refractivity contribution in [1.82, 2.24) is 0 Å². The van der Waals surface area contributed by atoms with Gasteiger partial charge in [-0.15, -0.1) is 6.58 Å². The molecule has 19 heavy (non-hydrogen) atoms. The number of carbonyl (C=O) groups is 1. The van der Waals surface area contributed by atoms with Crippen molar-refractivity contribution in [1.29, 1.82) is 0 Å². The molecule has 0 atom stereocenters. The topological polar surface area (TPSA) is 83.7 Å². The van der Waals surface area contributed by atoms with E-state index in [1.54, 1.807) is 30.2 Å². The van der Waals surface area contributed by atoms with Crippen molar-refractivity contribution in [2.75, 3.05) is 18.5 Å². The molecule has 0 saturated heterocycles. The molecular weight excluding hydrogens is 248 g/mol. The molecule has 0 saturated carbocycles. The normalized spacial score (nSPS) is 10.4. The van der Waals surface area contributed by atoms with Gasteiger partial charge in [0.1, 0.15) is 5.69 Å². The predicted octanol–water partition coefficient (Wildman–Crippen LogP) is 2.31. The molecule has 1 rings (SSSR count). The lowest BCUT2D eigenvalue weighted by Gasteiger charge is -2.17. The Kier molecular flexibility index (Phi) is 4.82. The van der Waals surface area contributed by atoms with Crippen molar-refractivity contribution >= 4 is 23.4 Å². The third kappa shape index (κ3) is 3.95. The largest absolute Gasteiger partial charge is 0.478 e. The van der Waals surface area contributed by atoms with E-state index in [2.05, 4.69) is 6.58 Å². The van der Waals surface area contributed by atoms with Crippen LogP contribution in [0, 0.1) is 10.1 Å². The van der Waals surface area contributed by atoms with Crippen molar-refractivity contribution in [3.05, 3.63) is 52.6 Å². The quantitative estimate of drug-likeness (QED) is 0.368. The van der Waals surface area contributed by atoms with Gasteiger partial charge in [-0.1, -0.05) is 12.1 Å². The summed E-state index contributed by atoms with van der Waals surface area (Å²) in [5.74, 6) is -1.10. The minimum Gasteiger partial charge on any atom is -0.478 e. The van der Waals surface area contributed by atoms with Crippen LogP contribution >= 0.6 is 0 Å². The molecule has 0 radical (unpaired) electrons. The molecule has 0 fully saturated rings. The van der Waals surface area contributed by atoms with E-state index in [0.717, 1.165) is 6.08 Å². The number of aliphatic carboxylic acids is 1. The van der Waals surface area contributed by atoms with E-state index in [0.29, 0.717) is 17.8 Å². The number of hydrogen-bond donors (Lipinski definition) is 1. The van der Waals surface area contributed by atoms with Crippen LogP contribution in [0.25, 0.3) is 6.08 Å². The Labute approximate surface area is 110 Å². The fraction of sp³-hybridized carbons (Fsp3) is 0.154. The zero-order chi connectivity index (χ0) is 14.4. The first-order chi connectivity index (χ1) is 8.95. The van der Waals surface area contributed by atoms with Gasteiger partial charge >= 0.3 is 5.97 Å². The molecule has 6 nitrogen and oxygen atoms in total. The number of likely N-dealkylation sites (N-methyl/N-ethyl adjacent to an activating group) is 1. The maximum absolute atomic E-state index is 11.0. The van der Waals surface area contributed by atoms with Crippen LogP contribution in [0.3, 0.4) is 0 Å². The molecule has 0 aliphatic carbocycles. The lowest BCUT2D eigenvalue weighted by Crippen LogP contribution is -2.17. The Hall–Kier alpha value is -2.63. The van der Waals surface area contributed by atoms with Crippen LogP contribution in [-0.4, -0.2) is 29.6 Å². The van der Waals surface area contributed by atoms with Gasteiger partial charge in [0.25, 0.3) is 5.69 Å². The molecule has 0 bridgehead atoms. The summed E-state index contributed by atoms with van der Waals surface area (Å²) in [5.41, 5.74) is 0.846. The fourth-order valence-corrected chi connectivity index (χ4v) is 1.57. The van der Waals surface area contributed by atoms with Crippen LogP contribution in [0.4, 0.5) is 11.4 Å². The van der Waals surface area contributed by atoms with E-state index in [1.165, 1.54) is 12.1 Å². The summed E-state index contributed by atoms with van der Waals surface area (Å²) in [7, 11) is 1.72. The number of anilines is 1. The minimum atomic E-state index is -1.10. The molecule has 100 valence electrons. The molecule has 0 aliphatic heterocycles. The van der Waals surface area contributed by atoms with E-state index in [-0.39, 0.29) is 5.69 Å². The molecule has 0 aromatic heterocycles. The number of nitrogens with zero attached hydrogens (tertiary/aromatic N) is 2. The second kappa shape index (κ2) is 6.34. The molecule has 1 aromatic rings. The van der Waals surface area contributed by atoms with Crippen LogP contribution in [-0.2, 0) is 4.79 Å². The molecule has 0 unspecified atom stereocenters. The standard InChI is InChI=1S/C13H14N2O4/c1-3-8-14(2)11-6-4-10(5-7-13(16)17)9-12(11)15(18)19/h3-7,9H,1,8H2,2H3,(H,16,17)/b7-5+. The third-order valence-corrected chi connectivity index (χ3v) is 2.43. The average molecular weight is 262 g/mol. The van der Waals surface area contributed by atoms with Crippen LogP contribution < -0.4 is 4.90 Å². The summed E-state index contributed by atoms with van der Waals surface area (Å²) >= 11 is 0. The van der Waals surface area contributed by atoms with E-state index >= 15 is 0 Å². The van der Waals surface area contributed by atoms with Gasteiger partial charge in [-0.05, 0) is 17.7 Å². The molecule has 0 heterocycles. The van der Waals surface area contributed by atoms with Crippen LogP contribution in [0.2, 0.25) is 0 Å². The summed E-state index contributed by atoms with van der Waals surface area (Å²) in [4.78, 5) is 22.6. The Morgan fingerprint density at radius 2 is 2.26 bits per heavy atom. The highest BCUT2D eigenvalue weighted by Gasteiger charge is 2.16. The molecule has 6 heteroatoms. The first kappa shape index (κ1) is 14.4. The third-order valence-electron chi connectivity index (χ3n) is 2.43. The maximum Gasteiger partial charge on any atom is 0.328 e. The highest BCUT2D eigenvalue weighted by molar-refractivity contribution is 5.85.